The normalized spacial score (nSPS) is 13.0. The molecule has 2 N–H and O–H groups in total. The lowest BCUT2D eigenvalue weighted by atomic mass is 10.4. The van der Waals surface area contributed by atoms with Crippen molar-refractivity contribution < 1.29 is 16.8 Å². The lowest BCUT2D eigenvalue weighted by Crippen LogP contribution is -2.33. The molecule has 1 aromatic heterocycles. The number of sulfonamides is 2. The molecule has 0 amide bonds. The third-order valence-electron chi connectivity index (χ3n) is 2.48. The molecule has 0 saturated carbocycles. The Morgan fingerprint density at radius 1 is 1.37 bits per heavy atom. The van der Waals surface area contributed by atoms with E-state index in [2.05, 4.69) is 14.9 Å². The molecule has 1 heterocycles. The van der Waals surface area contributed by atoms with Gasteiger partial charge in [0.25, 0.3) is 0 Å². The molecule has 8 nitrogen and oxygen atoms in total. The minimum atomic E-state index is -3.57. The third kappa shape index (κ3) is 4.90. The Bertz CT molecular complexity index is 580. The maximum atomic E-state index is 11.7. The van der Waals surface area contributed by atoms with E-state index in [-0.39, 0.29) is 18.0 Å². The van der Waals surface area contributed by atoms with E-state index in [1.807, 2.05) is 0 Å². The van der Waals surface area contributed by atoms with Gasteiger partial charge in [0.2, 0.25) is 20.0 Å². The van der Waals surface area contributed by atoms with Crippen molar-refractivity contribution in [2.24, 2.45) is 0 Å². The summed E-state index contributed by atoms with van der Waals surface area (Å²) in [5.41, 5.74) is 0. The minimum Gasteiger partial charge on any atom is -0.284 e. The lowest BCUT2D eigenvalue weighted by molar-refractivity contribution is 0.424. The zero-order valence-electron chi connectivity index (χ0n) is 10.8. The monoisotopic (exact) mass is 310 g/mol. The highest BCUT2D eigenvalue weighted by molar-refractivity contribution is 7.89. The smallest absolute Gasteiger partial charge is 0.243 e. The van der Waals surface area contributed by atoms with E-state index in [0.717, 1.165) is 6.26 Å². The maximum absolute atomic E-state index is 11.7. The van der Waals surface area contributed by atoms with E-state index in [0.29, 0.717) is 13.0 Å². The summed E-state index contributed by atoms with van der Waals surface area (Å²) in [5.74, 6) is 0. The van der Waals surface area contributed by atoms with Gasteiger partial charge in [0.05, 0.1) is 12.5 Å². The second kappa shape index (κ2) is 6.46. The Hall–Kier alpha value is -0.970. The molecule has 0 aliphatic heterocycles. The molecular formula is C9H18N4O4S2. The van der Waals surface area contributed by atoms with Crippen molar-refractivity contribution in [2.45, 2.75) is 18.2 Å². The standard InChI is InChI=1S/C9H18N4O4S2/c1-3-13(18(2,14)15)6-4-5-12-19(16,17)9-7-10-11-8-9/h7-8,12H,3-6H2,1-2H3,(H,10,11). The van der Waals surface area contributed by atoms with E-state index >= 15 is 0 Å². The molecule has 0 fully saturated rings. The molecule has 0 aliphatic rings. The Morgan fingerprint density at radius 3 is 2.53 bits per heavy atom. The summed E-state index contributed by atoms with van der Waals surface area (Å²) in [6.07, 6.45) is 4.01. The molecule has 0 bridgehead atoms. The van der Waals surface area contributed by atoms with Crippen LogP contribution in [-0.2, 0) is 20.0 Å². The van der Waals surface area contributed by atoms with Crippen LogP contribution in [0.25, 0.3) is 0 Å². The predicted molar refractivity (Wildman–Crippen MR) is 70.5 cm³/mol. The van der Waals surface area contributed by atoms with Gasteiger partial charge in [-0.1, -0.05) is 6.92 Å². The van der Waals surface area contributed by atoms with Crippen LogP contribution in [0.3, 0.4) is 0 Å². The van der Waals surface area contributed by atoms with Crippen molar-refractivity contribution in [1.29, 1.82) is 0 Å². The van der Waals surface area contributed by atoms with Crippen LogP contribution in [0.1, 0.15) is 13.3 Å². The van der Waals surface area contributed by atoms with Gasteiger partial charge >= 0.3 is 0 Å². The van der Waals surface area contributed by atoms with Gasteiger partial charge in [0, 0.05) is 25.8 Å². The molecule has 0 unspecified atom stereocenters. The van der Waals surface area contributed by atoms with Gasteiger partial charge in [0.15, 0.2) is 0 Å². The number of hydrogen-bond acceptors (Lipinski definition) is 5. The molecular weight excluding hydrogens is 292 g/mol. The molecule has 110 valence electrons. The molecule has 0 atom stereocenters. The fourth-order valence-corrected chi connectivity index (χ4v) is 3.40. The topological polar surface area (TPSA) is 112 Å². The van der Waals surface area contributed by atoms with Crippen molar-refractivity contribution in [2.75, 3.05) is 25.9 Å². The van der Waals surface area contributed by atoms with Crippen LogP contribution in [0, 0.1) is 0 Å². The minimum absolute atomic E-state index is 0.0583. The lowest BCUT2D eigenvalue weighted by Gasteiger charge is -2.17. The van der Waals surface area contributed by atoms with Gasteiger partial charge in [0.1, 0.15) is 4.90 Å². The van der Waals surface area contributed by atoms with Gasteiger partial charge in [-0.25, -0.2) is 25.9 Å². The van der Waals surface area contributed by atoms with Crippen LogP contribution >= 0.6 is 0 Å². The summed E-state index contributed by atoms with van der Waals surface area (Å²) in [6, 6.07) is 0. The second-order valence-electron chi connectivity index (χ2n) is 3.94. The Kier molecular flexibility index (Phi) is 5.47. The van der Waals surface area contributed by atoms with Crippen molar-refractivity contribution in [3.8, 4) is 0 Å². The van der Waals surface area contributed by atoms with Crippen molar-refractivity contribution in [3.63, 3.8) is 0 Å². The first-order valence-electron chi connectivity index (χ1n) is 5.71. The zero-order valence-corrected chi connectivity index (χ0v) is 12.5. The summed E-state index contributed by atoms with van der Waals surface area (Å²) < 4.78 is 49.7. The van der Waals surface area contributed by atoms with Gasteiger partial charge in [-0.3, -0.25) is 5.10 Å². The van der Waals surface area contributed by atoms with Crippen LogP contribution in [0.5, 0.6) is 0 Å². The molecule has 0 radical (unpaired) electrons. The van der Waals surface area contributed by atoms with E-state index in [9.17, 15) is 16.8 Å². The molecule has 0 spiro atoms. The SMILES string of the molecule is CCN(CCCNS(=O)(=O)c1cn[nH]c1)S(C)(=O)=O. The summed E-state index contributed by atoms with van der Waals surface area (Å²) >= 11 is 0. The fraction of sp³-hybridized carbons (Fsp3) is 0.667. The number of nitrogens with zero attached hydrogens (tertiary/aromatic N) is 2. The molecule has 0 aromatic carbocycles. The number of hydrogen-bond donors (Lipinski definition) is 2. The molecule has 1 rings (SSSR count). The van der Waals surface area contributed by atoms with Crippen LogP contribution < -0.4 is 4.72 Å². The van der Waals surface area contributed by atoms with Crippen LogP contribution in [-0.4, -0.2) is 57.2 Å². The van der Waals surface area contributed by atoms with Gasteiger partial charge in [-0.2, -0.15) is 5.10 Å². The van der Waals surface area contributed by atoms with Crippen molar-refractivity contribution >= 4 is 20.0 Å². The van der Waals surface area contributed by atoms with Crippen LogP contribution in [0.15, 0.2) is 17.3 Å². The highest BCUT2D eigenvalue weighted by Gasteiger charge is 2.16. The van der Waals surface area contributed by atoms with Crippen LogP contribution in [0.4, 0.5) is 0 Å². The first kappa shape index (κ1) is 16.1. The number of H-pyrrole nitrogens is 1. The fourth-order valence-electron chi connectivity index (χ4n) is 1.49. The average molecular weight is 310 g/mol. The average Bonchev–Trinajstić information content (AvgIpc) is 2.81. The van der Waals surface area contributed by atoms with E-state index in [4.69, 9.17) is 0 Å². The molecule has 0 aliphatic carbocycles. The first-order chi connectivity index (χ1) is 8.77. The number of rotatable bonds is 8. The molecule has 19 heavy (non-hydrogen) atoms. The Morgan fingerprint density at radius 2 is 2.05 bits per heavy atom. The van der Waals surface area contributed by atoms with Crippen LogP contribution in [0.2, 0.25) is 0 Å². The number of aromatic amines is 1. The first-order valence-corrected chi connectivity index (χ1v) is 9.04. The summed E-state index contributed by atoms with van der Waals surface area (Å²) in [5, 5.41) is 5.98. The third-order valence-corrected chi connectivity index (χ3v) is 5.29. The summed E-state index contributed by atoms with van der Waals surface area (Å²) in [6.45, 7) is 2.55. The summed E-state index contributed by atoms with van der Waals surface area (Å²) in [4.78, 5) is 0.0583. The van der Waals surface area contributed by atoms with Crippen molar-refractivity contribution in [1.82, 2.24) is 19.2 Å². The quantitative estimate of drug-likeness (QED) is 0.620. The molecule has 0 saturated heterocycles. The molecule has 1 aromatic rings. The van der Waals surface area contributed by atoms with Gasteiger partial charge in [-0.15, -0.1) is 0 Å². The van der Waals surface area contributed by atoms with Gasteiger partial charge < -0.3 is 0 Å². The number of aromatic nitrogens is 2. The largest absolute Gasteiger partial charge is 0.284 e. The highest BCUT2D eigenvalue weighted by Crippen LogP contribution is 2.04. The number of nitrogens with one attached hydrogen (secondary N) is 2. The van der Waals surface area contributed by atoms with E-state index < -0.39 is 20.0 Å². The zero-order chi connectivity index (χ0) is 14.5. The second-order valence-corrected chi connectivity index (χ2v) is 7.69. The predicted octanol–water partition coefficient (Wildman–Crippen LogP) is -0.640. The molecule has 10 heteroatoms. The van der Waals surface area contributed by atoms with E-state index in [1.54, 1.807) is 6.92 Å². The summed E-state index contributed by atoms with van der Waals surface area (Å²) in [7, 11) is -6.80. The Balaban J connectivity index is 2.44. The van der Waals surface area contributed by atoms with Gasteiger partial charge in [-0.05, 0) is 6.42 Å². The van der Waals surface area contributed by atoms with E-state index in [1.165, 1.54) is 16.7 Å². The maximum Gasteiger partial charge on any atom is 0.243 e. The highest BCUT2D eigenvalue weighted by atomic mass is 32.2. The Labute approximate surface area is 113 Å². The van der Waals surface area contributed by atoms with Crippen molar-refractivity contribution in [3.05, 3.63) is 12.4 Å².